The molecule has 8 nitrogen and oxygen atoms in total. The van der Waals surface area contributed by atoms with Crippen molar-refractivity contribution in [1.29, 1.82) is 0 Å². The number of carbonyl (C=O) groups excluding carboxylic acids is 1. The molecule has 0 bridgehead atoms. The van der Waals surface area contributed by atoms with Gasteiger partial charge in [-0.05, 0) is 103 Å². The highest BCUT2D eigenvalue weighted by Crippen LogP contribution is 2.43. The lowest BCUT2D eigenvalue weighted by atomic mass is 10.1. The molecule has 0 radical (unpaired) electrons. The maximum Gasteiger partial charge on any atom is 0.472 e. The molecule has 0 aliphatic heterocycles. The second kappa shape index (κ2) is 48.6. The lowest BCUT2D eigenvalue weighted by molar-refractivity contribution is -0.870. The molecule has 0 rings (SSSR count). The third-order valence-corrected chi connectivity index (χ3v) is 11.6. The number of carbonyl (C=O) groups is 1. The number of unbranched alkanes of at least 4 members (excludes halogenated alkanes) is 15. The van der Waals surface area contributed by atoms with Crippen molar-refractivity contribution in [2.24, 2.45) is 0 Å². The molecule has 0 aromatic rings. The summed E-state index contributed by atoms with van der Waals surface area (Å²) in [4.78, 5) is 23.0. The fourth-order valence-electron chi connectivity index (χ4n) is 6.56. The average Bonchev–Trinajstić information content (AvgIpc) is 3.28. The average molecular weight is 941 g/mol. The van der Waals surface area contributed by atoms with Gasteiger partial charge in [0.2, 0.25) is 0 Å². The van der Waals surface area contributed by atoms with Crippen LogP contribution in [0.4, 0.5) is 0 Å². The van der Waals surface area contributed by atoms with Crippen LogP contribution in [0.2, 0.25) is 0 Å². The predicted octanol–water partition coefficient (Wildman–Crippen LogP) is 16.3. The summed E-state index contributed by atoms with van der Waals surface area (Å²) in [6.45, 7) is 5.40. The molecule has 0 aromatic heterocycles. The van der Waals surface area contributed by atoms with E-state index in [-0.39, 0.29) is 25.8 Å². The number of rotatable bonds is 47. The van der Waals surface area contributed by atoms with E-state index in [4.69, 9.17) is 18.5 Å². The largest absolute Gasteiger partial charge is 0.472 e. The standard InChI is InChI=1S/C57H98NO7P/c1-6-8-10-12-14-16-18-20-22-24-26-27-28-29-30-31-32-33-35-37-39-41-43-45-47-49-52-62-54-56(55-64-66(60,61)63-53-51-58(3,4)5)65-57(59)50-48-46-44-42-40-38-36-34-25-23-21-19-17-15-13-11-9-7-2/h8,10,14,16-17,19-20,22-23,25-27,29-30,32-33,37,39,56H,6-7,9,11-13,15,18,21,24,28,31,34-36,38,40-55H2,1-5H3/p+1/b10-8-,16-14-,19-17-,22-20-,25-23-,27-26-,30-29-,33-32-,39-37-. The maximum absolute atomic E-state index is 12.8. The minimum absolute atomic E-state index is 0.0751. The molecule has 0 aliphatic carbocycles. The Morgan fingerprint density at radius 2 is 0.879 bits per heavy atom. The van der Waals surface area contributed by atoms with Gasteiger partial charge in [0.15, 0.2) is 0 Å². The molecule has 2 unspecified atom stereocenters. The van der Waals surface area contributed by atoms with Gasteiger partial charge in [0.05, 0.1) is 34.4 Å². The highest BCUT2D eigenvalue weighted by atomic mass is 31.2. The van der Waals surface area contributed by atoms with Gasteiger partial charge < -0.3 is 18.9 Å². The van der Waals surface area contributed by atoms with Crippen molar-refractivity contribution in [3.05, 3.63) is 109 Å². The van der Waals surface area contributed by atoms with Crippen LogP contribution in [0.25, 0.3) is 0 Å². The zero-order valence-corrected chi connectivity index (χ0v) is 43.8. The predicted molar refractivity (Wildman–Crippen MR) is 284 cm³/mol. The Bertz CT molecular complexity index is 1420. The number of quaternary nitrogens is 1. The summed E-state index contributed by atoms with van der Waals surface area (Å²) in [5.41, 5.74) is 0. The molecular weight excluding hydrogens is 842 g/mol. The molecule has 0 fully saturated rings. The number of nitrogens with zero attached hydrogens (tertiary/aromatic N) is 1. The van der Waals surface area contributed by atoms with Crippen LogP contribution in [0.5, 0.6) is 0 Å². The summed E-state index contributed by atoms with van der Waals surface area (Å²) in [7, 11) is 1.63. The molecule has 2 atom stereocenters. The first-order chi connectivity index (χ1) is 32.1. The fourth-order valence-corrected chi connectivity index (χ4v) is 7.30. The lowest BCUT2D eigenvalue weighted by Crippen LogP contribution is -2.37. The van der Waals surface area contributed by atoms with Gasteiger partial charge in [0.1, 0.15) is 19.3 Å². The van der Waals surface area contributed by atoms with Crippen LogP contribution in [-0.4, -0.2) is 75.6 Å². The van der Waals surface area contributed by atoms with Gasteiger partial charge in [-0.15, -0.1) is 0 Å². The summed E-state index contributed by atoms with van der Waals surface area (Å²) in [6, 6.07) is 0. The Hall–Kier alpha value is -2.84. The molecule has 0 aromatic carbocycles. The zero-order valence-electron chi connectivity index (χ0n) is 42.9. The topological polar surface area (TPSA) is 91.3 Å². The van der Waals surface area contributed by atoms with E-state index < -0.39 is 13.9 Å². The number of likely N-dealkylation sites (N-methyl/N-ethyl adjacent to an activating group) is 1. The maximum atomic E-state index is 12.8. The van der Waals surface area contributed by atoms with Crippen LogP contribution < -0.4 is 0 Å². The highest BCUT2D eigenvalue weighted by molar-refractivity contribution is 7.47. The molecule has 0 heterocycles. The monoisotopic (exact) mass is 941 g/mol. The van der Waals surface area contributed by atoms with Crippen molar-refractivity contribution >= 4 is 13.8 Å². The van der Waals surface area contributed by atoms with Crippen LogP contribution in [0.3, 0.4) is 0 Å². The smallest absolute Gasteiger partial charge is 0.457 e. The molecule has 0 aliphatic rings. The van der Waals surface area contributed by atoms with E-state index in [0.717, 1.165) is 109 Å². The van der Waals surface area contributed by atoms with Crippen molar-refractivity contribution in [1.82, 2.24) is 0 Å². The molecule has 0 spiro atoms. The minimum atomic E-state index is -4.30. The number of allylic oxidation sites excluding steroid dienone is 18. The Kier molecular flexibility index (Phi) is 46.5. The highest BCUT2D eigenvalue weighted by Gasteiger charge is 2.26. The molecular formula is C57H99NO7P+. The Balaban J connectivity index is 4.25. The van der Waals surface area contributed by atoms with Crippen molar-refractivity contribution in [3.8, 4) is 0 Å². The van der Waals surface area contributed by atoms with Crippen LogP contribution in [0.15, 0.2) is 109 Å². The Morgan fingerprint density at radius 3 is 1.32 bits per heavy atom. The van der Waals surface area contributed by atoms with E-state index in [9.17, 15) is 14.3 Å². The number of phosphoric ester groups is 1. The quantitative estimate of drug-likeness (QED) is 0.0214. The third-order valence-electron chi connectivity index (χ3n) is 10.6. The summed E-state index contributed by atoms with van der Waals surface area (Å²) >= 11 is 0. The molecule has 0 saturated carbocycles. The number of phosphoric acid groups is 1. The van der Waals surface area contributed by atoms with Crippen molar-refractivity contribution in [2.45, 2.75) is 193 Å². The molecule has 0 amide bonds. The van der Waals surface area contributed by atoms with Crippen LogP contribution in [0.1, 0.15) is 187 Å². The first-order valence-electron chi connectivity index (χ1n) is 26.1. The zero-order chi connectivity index (χ0) is 48.3. The van der Waals surface area contributed by atoms with Gasteiger partial charge in [-0.3, -0.25) is 13.8 Å². The van der Waals surface area contributed by atoms with Gasteiger partial charge >= 0.3 is 13.8 Å². The third kappa shape index (κ3) is 52.1. The van der Waals surface area contributed by atoms with Crippen molar-refractivity contribution in [3.63, 3.8) is 0 Å². The summed E-state index contributed by atoms with van der Waals surface area (Å²) in [5, 5.41) is 0. The van der Waals surface area contributed by atoms with Crippen molar-refractivity contribution < 1.29 is 37.3 Å². The van der Waals surface area contributed by atoms with Crippen LogP contribution in [-0.2, 0) is 27.9 Å². The molecule has 66 heavy (non-hydrogen) atoms. The van der Waals surface area contributed by atoms with Gasteiger partial charge in [-0.1, -0.05) is 187 Å². The summed E-state index contributed by atoms with van der Waals surface area (Å²) in [5.74, 6) is -0.335. The van der Waals surface area contributed by atoms with Gasteiger partial charge in [0, 0.05) is 13.0 Å². The SMILES string of the molecule is CC/C=C\C/C=C\C/C=C\C/C=C\C/C=C\C/C=C\C/C=C\CCCCCCOCC(COP(=O)(O)OCC[N+](C)(C)C)OC(=O)CCCCCCCCC/C=C\C/C=C\CCCCCC. The van der Waals surface area contributed by atoms with Gasteiger partial charge in [-0.2, -0.15) is 0 Å². The Morgan fingerprint density at radius 1 is 0.485 bits per heavy atom. The second-order valence-electron chi connectivity index (χ2n) is 18.2. The summed E-state index contributed by atoms with van der Waals surface area (Å²) < 4.78 is 35.1. The van der Waals surface area contributed by atoms with Gasteiger partial charge in [0.25, 0.3) is 0 Å². The molecule has 1 N–H and O–H groups in total. The van der Waals surface area contributed by atoms with Gasteiger partial charge in [-0.25, -0.2) is 4.57 Å². The fraction of sp³-hybridized carbons (Fsp3) is 0.667. The molecule has 378 valence electrons. The first kappa shape index (κ1) is 63.2. The van der Waals surface area contributed by atoms with Crippen LogP contribution in [0, 0.1) is 0 Å². The van der Waals surface area contributed by atoms with E-state index >= 15 is 0 Å². The number of esters is 1. The number of hydrogen-bond donors (Lipinski definition) is 1. The first-order valence-corrected chi connectivity index (χ1v) is 27.6. The molecule has 0 saturated heterocycles. The number of ether oxygens (including phenoxy) is 2. The van der Waals surface area contributed by atoms with E-state index in [0.29, 0.717) is 24.1 Å². The van der Waals surface area contributed by atoms with E-state index in [1.165, 1.54) is 57.8 Å². The molecule has 9 heteroatoms. The Labute approximate surface area is 406 Å². The number of hydrogen-bond acceptors (Lipinski definition) is 6. The van der Waals surface area contributed by atoms with Crippen LogP contribution >= 0.6 is 7.82 Å². The van der Waals surface area contributed by atoms with E-state index in [1.54, 1.807) is 0 Å². The van der Waals surface area contributed by atoms with E-state index in [1.807, 2.05) is 21.1 Å². The van der Waals surface area contributed by atoms with E-state index in [2.05, 4.69) is 123 Å². The minimum Gasteiger partial charge on any atom is -0.457 e. The normalized spacial score (nSPS) is 14.5. The second-order valence-corrected chi connectivity index (χ2v) is 19.6. The summed E-state index contributed by atoms with van der Waals surface area (Å²) in [6.07, 6.45) is 68.5. The van der Waals surface area contributed by atoms with Crippen molar-refractivity contribution in [2.75, 3.05) is 54.1 Å². The lowest BCUT2D eigenvalue weighted by Gasteiger charge is -2.24.